The molecule has 5 nitrogen and oxygen atoms in total. The average molecular weight is 304 g/mol. The molecule has 0 aliphatic rings. The third-order valence-electron chi connectivity index (χ3n) is 2.93. The summed E-state index contributed by atoms with van der Waals surface area (Å²) in [6.07, 6.45) is 1.82. The van der Waals surface area contributed by atoms with Gasteiger partial charge in [0.05, 0.1) is 12.8 Å². The van der Waals surface area contributed by atoms with Crippen LogP contribution in [0.15, 0.2) is 35.8 Å². The second-order valence-electron chi connectivity index (χ2n) is 4.64. The van der Waals surface area contributed by atoms with Crippen LogP contribution in [0.25, 0.3) is 0 Å². The Labute approximate surface area is 126 Å². The van der Waals surface area contributed by atoms with Crippen LogP contribution >= 0.6 is 11.3 Å². The van der Waals surface area contributed by atoms with E-state index in [4.69, 9.17) is 5.11 Å². The minimum absolute atomic E-state index is 0.105. The molecule has 0 aromatic carbocycles. The molecule has 0 bridgehead atoms. The van der Waals surface area contributed by atoms with Gasteiger partial charge in [-0.1, -0.05) is 12.1 Å². The first kappa shape index (κ1) is 15.2. The van der Waals surface area contributed by atoms with Crippen molar-refractivity contribution in [3.8, 4) is 0 Å². The molecule has 0 atom stereocenters. The van der Waals surface area contributed by atoms with Crippen molar-refractivity contribution in [3.63, 3.8) is 0 Å². The minimum atomic E-state index is -0.934. The van der Waals surface area contributed by atoms with Crippen LogP contribution in [-0.4, -0.2) is 28.5 Å². The van der Waals surface area contributed by atoms with Crippen molar-refractivity contribution >= 4 is 29.0 Å². The number of rotatable bonds is 6. The number of aryl methyl sites for hydroxylation is 1. The molecule has 110 valence electrons. The van der Waals surface area contributed by atoms with Crippen LogP contribution in [0.3, 0.4) is 0 Å². The molecule has 1 N–H and O–H groups in total. The van der Waals surface area contributed by atoms with Gasteiger partial charge in [0.15, 0.2) is 0 Å². The molecular formula is C15H16N2O3S. The van der Waals surface area contributed by atoms with E-state index in [0.717, 1.165) is 10.4 Å². The number of carboxylic acids is 1. The summed E-state index contributed by atoms with van der Waals surface area (Å²) < 4.78 is 0. The number of amides is 1. The van der Waals surface area contributed by atoms with Crippen molar-refractivity contribution in [3.05, 3.63) is 46.3 Å². The Bertz CT molecular complexity index is 608. The van der Waals surface area contributed by atoms with Crippen molar-refractivity contribution < 1.29 is 14.7 Å². The van der Waals surface area contributed by atoms with Crippen LogP contribution < -0.4 is 4.90 Å². The number of nitrogens with zero attached hydrogens (tertiary/aromatic N) is 2. The molecule has 0 radical (unpaired) electrons. The highest BCUT2D eigenvalue weighted by Gasteiger charge is 2.18. The number of carbonyl (C=O) groups excluding carboxylic acids is 1. The number of aromatic nitrogens is 1. The maximum absolute atomic E-state index is 12.4. The van der Waals surface area contributed by atoms with Gasteiger partial charge in [0.25, 0.3) is 0 Å². The standard InChI is InChI=1S/C15H16N2O3S/c1-11-4-5-13(16-10-11)17(7-6-15(19)20)14(18)9-12-3-2-8-21-12/h2-5,8,10H,6-7,9H2,1H3,(H,19,20). The zero-order chi connectivity index (χ0) is 15.2. The molecule has 0 saturated heterocycles. The number of anilines is 1. The van der Waals surface area contributed by atoms with Gasteiger partial charge >= 0.3 is 5.97 Å². The summed E-state index contributed by atoms with van der Waals surface area (Å²) in [5.74, 6) is -0.588. The Hall–Kier alpha value is -2.21. The summed E-state index contributed by atoms with van der Waals surface area (Å²) in [7, 11) is 0. The van der Waals surface area contributed by atoms with Crippen LogP contribution in [0, 0.1) is 6.92 Å². The van der Waals surface area contributed by atoms with E-state index in [0.29, 0.717) is 5.82 Å². The van der Waals surface area contributed by atoms with Crippen LogP contribution in [-0.2, 0) is 16.0 Å². The zero-order valence-corrected chi connectivity index (χ0v) is 12.5. The molecule has 0 aliphatic carbocycles. The lowest BCUT2D eigenvalue weighted by Crippen LogP contribution is -2.34. The molecule has 0 aliphatic heterocycles. The smallest absolute Gasteiger partial charge is 0.305 e. The topological polar surface area (TPSA) is 70.5 Å². The number of thiophene rings is 1. The number of carboxylic acid groups (broad SMARTS) is 1. The molecule has 0 fully saturated rings. The highest BCUT2D eigenvalue weighted by atomic mass is 32.1. The fourth-order valence-corrected chi connectivity index (χ4v) is 2.55. The van der Waals surface area contributed by atoms with E-state index in [-0.39, 0.29) is 25.3 Å². The predicted octanol–water partition coefficient (Wildman–Crippen LogP) is 2.50. The zero-order valence-electron chi connectivity index (χ0n) is 11.7. The van der Waals surface area contributed by atoms with Gasteiger partial charge in [-0.2, -0.15) is 0 Å². The summed E-state index contributed by atoms with van der Waals surface area (Å²) in [5.41, 5.74) is 0.989. The largest absolute Gasteiger partial charge is 0.481 e. The quantitative estimate of drug-likeness (QED) is 0.890. The van der Waals surface area contributed by atoms with Gasteiger partial charge < -0.3 is 5.11 Å². The van der Waals surface area contributed by atoms with E-state index in [9.17, 15) is 9.59 Å². The molecule has 0 spiro atoms. The second-order valence-corrected chi connectivity index (χ2v) is 5.67. The third kappa shape index (κ3) is 4.39. The lowest BCUT2D eigenvalue weighted by molar-refractivity contribution is -0.136. The Morgan fingerprint density at radius 2 is 2.14 bits per heavy atom. The molecule has 6 heteroatoms. The van der Waals surface area contributed by atoms with E-state index in [1.165, 1.54) is 16.2 Å². The Morgan fingerprint density at radius 3 is 2.71 bits per heavy atom. The second kappa shape index (κ2) is 6.99. The maximum atomic E-state index is 12.4. The minimum Gasteiger partial charge on any atom is -0.481 e. The number of pyridine rings is 1. The molecule has 2 heterocycles. The number of aliphatic carboxylic acids is 1. The molecular weight excluding hydrogens is 288 g/mol. The predicted molar refractivity (Wildman–Crippen MR) is 81.6 cm³/mol. The van der Waals surface area contributed by atoms with Gasteiger partial charge in [-0.05, 0) is 30.0 Å². The van der Waals surface area contributed by atoms with Gasteiger partial charge in [0.2, 0.25) is 5.91 Å². The Morgan fingerprint density at radius 1 is 1.33 bits per heavy atom. The number of hydrogen-bond acceptors (Lipinski definition) is 4. The highest BCUT2D eigenvalue weighted by molar-refractivity contribution is 7.10. The first-order valence-corrected chi connectivity index (χ1v) is 7.41. The normalized spacial score (nSPS) is 10.3. The van der Waals surface area contributed by atoms with Crippen LogP contribution in [0.2, 0.25) is 0 Å². The fourth-order valence-electron chi connectivity index (χ4n) is 1.85. The van der Waals surface area contributed by atoms with Crippen molar-refractivity contribution in [2.24, 2.45) is 0 Å². The van der Waals surface area contributed by atoms with Gasteiger partial charge in [-0.15, -0.1) is 11.3 Å². The van der Waals surface area contributed by atoms with E-state index in [1.54, 1.807) is 12.3 Å². The Kier molecular flexibility index (Phi) is 5.05. The molecule has 21 heavy (non-hydrogen) atoms. The van der Waals surface area contributed by atoms with Gasteiger partial charge in [0.1, 0.15) is 5.82 Å². The van der Waals surface area contributed by atoms with E-state index in [1.807, 2.05) is 30.5 Å². The first-order chi connectivity index (χ1) is 10.1. The van der Waals surface area contributed by atoms with E-state index < -0.39 is 5.97 Å². The summed E-state index contributed by atoms with van der Waals surface area (Å²) in [4.78, 5) is 29.8. The maximum Gasteiger partial charge on any atom is 0.305 e. The average Bonchev–Trinajstić information content (AvgIpc) is 2.93. The molecule has 2 aromatic rings. The third-order valence-corrected chi connectivity index (χ3v) is 3.80. The molecule has 1 amide bonds. The van der Waals surface area contributed by atoms with Crippen molar-refractivity contribution in [2.75, 3.05) is 11.4 Å². The fraction of sp³-hybridized carbons (Fsp3) is 0.267. The SMILES string of the molecule is Cc1ccc(N(CCC(=O)O)C(=O)Cc2cccs2)nc1. The van der Waals surface area contributed by atoms with Crippen LogP contribution in [0.4, 0.5) is 5.82 Å². The van der Waals surface area contributed by atoms with Crippen molar-refractivity contribution in [2.45, 2.75) is 19.8 Å². The van der Waals surface area contributed by atoms with Crippen molar-refractivity contribution in [1.29, 1.82) is 0 Å². The van der Waals surface area contributed by atoms with Gasteiger partial charge in [0, 0.05) is 17.6 Å². The molecule has 0 saturated carbocycles. The number of hydrogen-bond donors (Lipinski definition) is 1. The Balaban J connectivity index is 2.16. The van der Waals surface area contributed by atoms with Crippen LogP contribution in [0.1, 0.15) is 16.9 Å². The lowest BCUT2D eigenvalue weighted by atomic mass is 10.2. The number of carbonyl (C=O) groups is 2. The molecule has 0 unspecified atom stereocenters. The summed E-state index contributed by atoms with van der Waals surface area (Å²) in [5, 5.41) is 10.7. The van der Waals surface area contributed by atoms with Crippen LogP contribution in [0.5, 0.6) is 0 Å². The van der Waals surface area contributed by atoms with E-state index >= 15 is 0 Å². The molecule has 2 rings (SSSR count). The highest BCUT2D eigenvalue weighted by Crippen LogP contribution is 2.16. The first-order valence-electron chi connectivity index (χ1n) is 6.53. The van der Waals surface area contributed by atoms with Gasteiger partial charge in [-0.25, -0.2) is 4.98 Å². The summed E-state index contributed by atoms with van der Waals surface area (Å²) in [6.45, 7) is 2.03. The molecule has 2 aromatic heterocycles. The van der Waals surface area contributed by atoms with Crippen molar-refractivity contribution in [1.82, 2.24) is 4.98 Å². The van der Waals surface area contributed by atoms with E-state index in [2.05, 4.69) is 4.98 Å². The van der Waals surface area contributed by atoms with Gasteiger partial charge in [-0.3, -0.25) is 14.5 Å². The summed E-state index contributed by atoms with van der Waals surface area (Å²) >= 11 is 1.51. The monoisotopic (exact) mass is 304 g/mol. The lowest BCUT2D eigenvalue weighted by Gasteiger charge is -2.21. The summed E-state index contributed by atoms with van der Waals surface area (Å²) in [6, 6.07) is 7.37.